The molecular formula is C11H24F6O16S4. The lowest BCUT2D eigenvalue weighted by Crippen LogP contribution is -2.23. The van der Waals surface area contributed by atoms with E-state index in [4.69, 9.17) is 22.6 Å². The molecule has 0 aliphatic carbocycles. The molecule has 0 unspecified atom stereocenters. The molecule has 1 N–H and O–H groups in total. The zero-order valence-corrected chi connectivity index (χ0v) is 20.7. The number of alkyl halides is 6. The van der Waals surface area contributed by atoms with E-state index in [-0.39, 0.29) is 21.0 Å². The van der Waals surface area contributed by atoms with Crippen LogP contribution in [-0.2, 0) is 67.3 Å². The van der Waals surface area contributed by atoms with Gasteiger partial charge in [0.2, 0.25) is 0 Å². The average molecular weight is 655 g/mol. The Bertz CT molecular complexity index is 1030. The molecule has 0 radical (unpaired) electrons. The molecule has 0 aromatic heterocycles. The Morgan fingerprint density at radius 2 is 0.919 bits per heavy atom. The van der Waals surface area contributed by atoms with Crippen LogP contribution in [0.1, 0.15) is 14.9 Å². The molecular weight excluding hydrogens is 630 g/mol. The summed E-state index contributed by atoms with van der Waals surface area (Å²) in [6.45, 7) is 0. The molecule has 26 heteroatoms. The Hall–Kier alpha value is -2.09. The van der Waals surface area contributed by atoms with E-state index in [0.29, 0.717) is 19.6 Å². The zero-order chi connectivity index (χ0) is 30.1. The molecule has 0 aliphatic heterocycles. The Balaban J connectivity index is -0.0000000620. The third kappa shape index (κ3) is 41.3. The Labute approximate surface area is 208 Å². The lowest BCUT2D eigenvalue weighted by molar-refractivity contribution is -0.191. The second-order valence-electron chi connectivity index (χ2n) is 4.21. The lowest BCUT2D eigenvalue weighted by atomic mass is 11.3. The summed E-state index contributed by atoms with van der Waals surface area (Å²) >= 11 is 0. The van der Waals surface area contributed by atoms with Crippen LogP contribution in [0, 0.1) is 0 Å². The second kappa shape index (κ2) is 20.9. The highest BCUT2D eigenvalue weighted by Gasteiger charge is 2.46. The first-order valence-electron chi connectivity index (χ1n) is 6.62. The number of methoxy groups -OCH3 is 2. The van der Waals surface area contributed by atoms with Crippen molar-refractivity contribution in [3.63, 3.8) is 0 Å². The second-order valence-corrected chi connectivity index (χ2v) is 10.7. The van der Waals surface area contributed by atoms with Crippen LogP contribution in [0.3, 0.4) is 0 Å². The van der Waals surface area contributed by atoms with Crippen LogP contribution in [-0.4, -0.2) is 95.4 Å². The van der Waals surface area contributed by atoms with E-state index in [2.05, 4.69) is 17.3 Å². The summed E-state index contributed by atoms with van der Waals surface area (Å²) in [5, 5.41) is 0. The van der Waals surface area contributed by atoms with Crippen molar-refractivity contribution < 1.29 is 96.2 Å². The third-order valence-corrected chi connectivity index (χ3v) is 4.94. The molecule has 0 atom stereocenters. The summed E-state index contributed by atoms with van der Waals surface area (Å²) in [6.07, 6.45) is 0.914. The Morgan fingerprint density at radius 3 is 0.919 bits per heavy atom. The van der Waals surface area contributed by atoms with Crippen LogP contribution < -0.4 is 0 Å². The van der Waals surface area contributed by atoms with Crippen molar-refractivity contribution in [3.05, 3.63) is 0 Å². The highest BCUT2D eigenvalue weighted by Crippen LogP contribution is 2.23. The SMILES string of the molecule is C.C.COC(=O)OC.COS(=O)(=O)C(F)(F)F.CS(=O)(=O)OS(C)(=O)=O.O=C=O.O=S(=O)(O)C(F)(F)F. The summed E-state index contributed by atoms with van der Waals surface area (Å²) in [6, 6.07) is 0. The van der Waals surface area contributed by atoms with Gasteiger partial charge in [-0.25, -0.2) is 4.79 Å². The van der Waals surface area contributed by atoms with Crippen molar-refractivity contribution >= 4 is 52.8 Å². The lowest BCUT2D eigenvalue weighted by Gasteiger charge is -2.02. The minimum Gasteiger partial charge on any atom is -0.438 e. The largest absolute Gasteiger partial charge is 0.523 e. The molecule has 230 valence electrons. The van der Waals surface area contributed by atoms with Gasteiger partial charge in [-0.15, -0.1) is 3.63 Å². The van der Waals surface area contributed by atoms with Gasteiger partial charge in [-0.05, 0) is 0 Å². The van der Waals surface area contributed by atoms with Gasteiger partial charge in [0.05, 0.1) is 33.8 Å². The number of carbonyl (C=O) groups excluding carboxylic acids is 3. The average Bonchev–Trinajstić information content (AvgIpc) is 2.57. The molecule has 0 fully saturated rings. The van der Waals surface area contributed by atoms with Crippen LogP contribution in [0.5, 0.6) is 0 Å². The number of halogens is 6. The van der Waals surface area contributed by atoms with Gasteiger partial charge in [0.25, 0.3) is 20.2 Å². The van der Waals surface area contributed by atoms with E-state index in [9.17, 15) is 56.4 Å². The van der Waals surface area contributed by atoms with Gasteiger partial charge in [0.15, 0.2) is 0 Å². The van der Waals surface area contributed by atoms with E-state index in [0.717, 1.165) is 0 Å². The summed E-state index contributed by atoms with van der Waals surface area (Å²) < 4.78 is 165. The maximum Gasteiger partial charge on any atom is 0.523 e. The van der Waals surface area contributed by atoms with Gasteiger partial charge in [0, 0.05) is 0 Å². The predicted molar refractivity (Wildman–Crippen MR) is 108 cm³/mol. The number of carbonyl (C=O) groups is 1. The predicted octanol–water partition coefficient (Wildman–Crippen LogP) is 0.887. The summed E-state index contributed by atoms with van der Waals surface area (Å²) in [5.41, 5.74) is -10.8. The van der Waals surface area contributed by atoms with Crippen molar-refractivity contribution in [3.8, 4) is 0 Å². The van der Waals surface area contributed by atoms with Crippen molar-refractivity contribution in [1.29, 1.82) is 0 Å². The molecule has 0 heterocycles. The fourth-order valence-electron chi connectivity index (χ4n) is 0.402. The van der Waals surface area contributed by atoms with Crippen LogP contribution in [0.25, 0.3) is 0 Å². The molecule has 0 rings (SSSR count). The Kier molecular flexibility index (Phi) is 29.1. The van der Waals surface area contributed by atoms with Gasteiger partial charge < -0.3 is 9.47 Å². The maximum atomic E-state index is 11.1. The molecule has 0 saturated carbocycles. The van der Waals surface area contributed by atoms with E-state index in [1.165, 1.54) is 14.2 Å². The Morgan fingerprint density at radius 1 is 0.703 bits per heavy atom. The van der Waals surface area contributed by atoms with Gasteiger partial charge >= 0.3 is 43.6 Å². The van der Waals surface area contributed by atoms with E-state index < -0.39 is 57.6 Å². The van der Waals surface area contributed by atoms with Crippen molar-refractivity contribution in [2.75, 3.05) is 33.8 Å². The molecule has 16 nitrogen and oxygen atoms in total. The van der Waals surface area contributed by atoms with Crippen molar-refractivity contribution in [2.24, 2.45) is 0 Å². The number of hydrogen-bond donors (Lipinski definition) is 1. The van der Waals surface area contributed by atoms with Crippen molar-refractivity contribution in [1.82, 2.24) is 0 Å². The quantitative estimate of drug-likeness (QED) is 0.146. The van der Waals surface area contributed by atoms with Crippen LogP contribution in [0.2, 0.25) is 0 Å². The summed E-state index contributed by atoms with van der Waals surface area (Å²) in [7, 11) is -16.0. The molecule has 37 heavy (non-hydrogen) atoms. The monoisotopic (exact) mass is 654 g/mol. The van der Waals surface area contributed by atoms with E-state index >= 15 is 0 Å². The van der Waals surface area contributed by atoms with E-state index in [1.54, 1.807) is 0 Å². The molecule has 0 saturated heterocycles. The minimum atomic E-state index is -5.84. The number of rotatable bonds is 3. The third-order valence-electron chi connectivity index (χ3n) is 1.38. The topological polar surface area (TPSA) is 245 Å². The van der Waals surface area contributed by atoms with Crippen LogP contribution in [0.4, 0.5) is 31.1 Å². The van der Waals surface area contributed by atoms with Gasteiger partial charge in [-0.1, -0.05) is 14.9 Å². The van der Waals surface area contributed by atoms with Crippen LogP contribution in [0.15, 0.2) is 0 Å². The highest BCUT2D eigenvalue weighted by atomic mass is 32.3. The number of hydrogen-bond acceptors (Lipinski definition) is 15. The minimum absolute atomic E-state index is 0. The molecule has 0 aromatic rings. The van der Waals surface area contributed by atoms with Gasteiger partial charge in [-0.2, -0.15) is 69.6 Å². The van der Waals surface area contributed by atoms with Crippen LogP contribution >= 0.6 is 0 Å². The first-order chi connectivity index (χ1) is 15.0. The summed E-state index contributed by atoms with van der Waals surface area (Å²) in [5.74, 6) is 0. The summed E-state index contributed by atoms with van der Waals surface area (Å²) in [4.78, 5) is 26.0. The van der Waals surface area contributed by atoms with E-state index in [1.807, 2.05) is 0 Å². The fourth-order valence-corrected chi connectivity index (χ4v) is 2.39. The van der Waals surface area contributed by atoms with Crippen molar-refractivity contribution in [2.45, 2.75) is 25.9 Å². The first-order valence-corrected chi connectivity index (χ1v) is 13.1. The molecule has 0 aliphatic rings. The normalized spacial score (nSPS) is 11.0. The first kappa shape index (κ1) is 51.5. The molecule has 0 amide bonds. The number of ether oxygens (including phenoxy) is 2. The molecule has 0 aromatic carbocycles. The highest BCUT2D eigenvalue weighted by molar-refractivity contribution is 7.99. The fraction of sp³-hybridized carbons (Fsp3) is 0.818. The smallest absolute Gasteiger partial charge is 0.438 e. The maximum absolute atomic E-state index is 11.1. The van der Waals surface area contributed by atoms with Gasteiger partial charge in [-0.3, -0.25) is 8.74 Å². The molecule has 0 spiro atoms. The standard InChI is InChI=1S/C3H6O3.C2H3F3O3S.C2H6O5S2.CHF3O3S.CO2.2CH4/c1-5-3(4)6-2;1-8-9(6,7)2(3,4)5;1-8(3,4)7-9(2,5)6;2-1(3,4)8(5,6)7;2-1-3;;/h1-2H3;1H3;1-2H3;(H,5,6,7);;2*1H4. The zero-order valence-electron chi connectivity index (χ0n) is 17.5. The molecule has 0 bridgehead atoms. The van der Waals surface area contributed by atoms with Gasteiger partial charge in [0.1, 0.15) is 0 Å².